The van der Waals surface area contributed by atoms with Gasteiger partial charge in [0.05, 0.1) is 20.3 Å². The standard InChI is InChI=1S/C20H26N2O4/c1-25-17-9-5-15(6-10-17)4-2-3-13-26-18-11-7-16(8-12-18)22-20(24)19(21)14-23/h5-12,19,23H,2-4,13-14,21H2,1H3,(H,22,24)/t19-/m0/s1. The van der Waals surface area contributed by atoms with Gasteiger partial charge in [-0.2, -0.15) is 0 Å². The smallest absolute Gasteiger partial charge is 0.243 e. The molecule has 140 valence electrons. The minimum atomic E-state index is -0.920. The molecule has 26 heavy (non-hydrogen) atoms. The van der Waals surface area contributed by atoms with Gasteiger partial charge < -0.3 is 25.6 Å². The van der Waals surface area contributed by atoms with Crippen molar-refractivity contribution in [3.8, 4) is 11.5 Å². The maximum Gasteiger partial charge on any atom is 0.243 e. The fourth-order valence-electron chi connectivity index (χ4n) is 2.37. The van der Waals surface area contributed by atoms with Gasteiger partial charge in [0.1, 0.15) is 17.5 Å². The number of aliphatic hydroxyl groups excluding tert-OH is 1. The summed E-state index contributed by atoms with van der Waals surface area (Å²) in [5.41, 5.74) is 7.35. The molecule has 1 atom stereocenters. The third-order valence-corrected chi connectivity index (χ3v) is 3.94. The lowest BCUT2D eigenvalue weighted by Crippen LogP contribution is -2.38. The van der Waals surface area contributed by atoms with Gasteiger partial charge in [0.15, 0.2) is 0 Å². The molecule has 2 rings (SSSR count). The van der Waals surface area contributed by atoms with E-state index in [0.717, 1.165) is 30.8 Å². The van der Waals surface area contributed by atoms with Crippen molar-refractivity contribution in [2.24, 2.45) is 5.73 Å². The van der Waals surface area contributed by atoms with Crippen LogP contribution in [0.4, 0.5) is 5.69 Å². The zero-order valence-electron chi connectivity index (χ0n) is 15.0. The fraction of sp³-hybridized carbons (Fsp3) is 0.350. The second-order valence-corrected chi connectivity index (χ2v) is 5.96. The van der Waals surface area contributed by atoms with E-state index in [-0.39, 0.29) is 6.61 Å². The summed E-state index contributed by atoms with van der Waals surface area (Å²) in [6.45, 7) is 0.251. The number of unbranched alkanes of at least 4 members (excludes halogenated alkanes) is 1. The number of hydrogen-bond donors (Lipinski definition) is 3. The van der Waals surface area contributed by atoms with Gasteiger partial charge in [0.25, 0.3) is 0 Å². The van der Waals surface area contributed by atoms with E-state index in [1.165, 1.54) is 5.56 Å². The maximum absolute atomic E-state index is 11.6. The summed E-state index contributed by atoms with van der Waals surface area (Å²) >= 11 is 0. The molecule has 0 unspecified atom stereocenters. The molecule has 0 aliphatic carbocycles. The summed E-state index contributed by atoms with van der Waals surface area (Å²) in [7, 11) is 1.66. The number of carbonyl (C=O) groups excluding carboxylic acids is 1. The van der Waals surface area contributed by atoms with Crippen LogP contribution in [0.1, 0.15) is 18.4 Å². The first-order chi connectivity index (χ1) is 12.6. The molecule has 2 aromatic carbocycles. The lowest BCUT2D eigenvalue weighted by Gasteiger charge is -2.11. The quantitative estimate of drug-likeness (QED) is 0.567. The zero-order chi connectivity index (χ0) is 18.8. The van der Waals surface area contributed by atoms with Crippen LogP contribution >= 0.6 is 0 Å². The van der Waals surface area contributed by atoms with E-state index in [0.29, 0.717) is 12.3 Å². The SMILES string of the molecule is COc1ccc(CCCCOc2ccc(NC(=O)[C@@H](N)CO)cc2)cc1. The Morgan fingerprint density at radius 2 is 1.73 bits per heavy atom. The molecule has 0 radical (unpaired) electrons. The van der Waals surface area contributed by atoms with Crippen molar-refractivity contribution in [2.75, 3.05) is 25.6 Å². The Bertz CT molecular complexity index is 671. The molecule has 0 spiro atoms. The van der Waals surface area contributed by atoms with Crippen LogP contribution in [-0.4, -0.2) is 37.4 Å². The average molecular weight is 358 g/mol. The Morgan fingerprint density at radius 1 is 1.08 bits per heavy atom. The topological polar surface area (TPSA) is 93.8 Å². The van der Waals surface area contributed by atoms with Gasteiger partial charge in [0, 0.05) is 5.69 Å². The maximum atomic E-state index is 11.6. The number of ether oxygens (including phenoxy) is 2. The number of amides is 1. The van der Waals surface area contributed by atoms with Gasteiger partial charge in [-0.1, -0.05) is 12.1 Å². The number of benzene rings is 2. The first-order valence-electron chi connectivity index (χ1n) is 8.65. The predicted molar refractivity (Wildman–Crippen MR) is 102 cm³/mol. The molecular formula is C20H26N2O4. The van der Waals surface area contributed by atoms with Gasteiger partial charge in [0.2, 0.25) is 5.91 Å². The molecule has 0 bridgehead atoms. The van der Waals surface area contributed by atoms with Crippen molar-refractivity contribution in [2.45, 2.75) is 25.3 Å². The van der Waals surface area contributed by atoms with Crippen LogP contribution in [0, 0.1) is 0 Å². The number of aryl methyl sites for hydroxylation is 1. The highest BCUT2D eigenvalue weighted by atomic mass is 16.5. The highest BCUT2D eigenvalue weighted by Gasteiger charge is 2.11. The molecule has 0 aromatic heterocycles. The number of rotatable bonds is 10. The van der Waals surface area contributed by atoms with Gasteiger partial charge >= 0.3 is 0 Å². The van der Waals surface area contributed by atoms with Crippen molar-refractivity contribution < 1.29 is 19.4 Å². The van der Waals surface area contributed by atoms with Crippen molar-refractivity contribution in [1.29, 1.82) is 0 Å². The van der Waals surface area contributed by atoms with Gasteiger partial charge in [-0.25, -0.2) is 0 Å². The van der Waals surface area contributed by atoms with E-state index in [9.17, 15) is 4.79 Å². The van der Waals surface area contributed by atoms with Crippen LogP contribution in [0.25, 0.3) is 0 Å². The third kappa shape index (κ3) is 6.38. The van der Waals surface area contributed by atoms with E-state index in [1.807, 2.05) is 12.1 Å². The van der Waals surface area contributed by atoms with Gasteiger partial charge in [-0.3, -0.25) is 4.79 Å². The predicted octanol–water partition coefficient (Wildman–Crippen LogP) is 2.36. The van der Waals surface area contributed by atoms with Crippen LogP contribution in [-0.2, 0) is 11.2 Å². The Morgan fingerprint density at radius 3 is 2.35 bits per heavy atom. The van der Waals surface area contributed by atoms with Crippen LogP contribution in [0.5, 0.6) is 11.5 Å². The first kappa shape index (κ1) is 19.8. The first-order valence-corrected chi connectivity index (χ1v) is 8.65. The number of anilines is 1. The molecule has 0 aliphatic heterocycles. The minimum absolute atomic E-state index is 0.385. The van der Waals surface area contributed by atoms with E-state index < -0.39 is 11.9 Å². The highest BCUT2D eigenvalue weighted by Crippen LogP contribution is 2.17. The summed E-state index contributed by atoms with van der Waals surface area (Å²) in [4.78, 5) is 11.6. The lowest BCUT2D eigenvalue weighted by molar-refractivity contribution is -0.118. The second kappa shape index (κ2) is 10.4. The Labute approximate surface area is 153 Å². The molecule has 0 aliphatic rings. The summed E-state index contributed by atoms with van der Waals surface area (Å²) in [5.74, 6) is 1.20. The molecule has 0 fully saturated rings. The number of hydrogen-bond acceptors (Lipinski definition) is 5. The molecule has 6 heteroatoms. The van der Waals surface area contributed by atoms with E-state index in [2.05, 4.69) is 17.4 Å². The Kier molecular flexibility index (Phi) is 7.92. The zero-order valence-corrected chi connectivity index (χ0v) is 15.0. The fourth-order valence-corrected chi connectivity index (χ4v) is 2.37. The molecule has 1 amide bonds. The number of nitrogens with two attached hydrogens (primary N) is 1. The number of carbonyl (C=O) groups is 1. The number of nitrogens with one attached hydrogen (secondary N) is 1. The Balaban J connectivity index is 1.67. The summed E-state index contributed by atoms with van der Waals surface area (Å²) in [5, 5.41) is 11.5. The van der Waals surface area contributed by atoms with E-state index in [4.69, 9.17) is 20.3 Å². The van der Waals surface area contributed by atoms with Crippen LogP contribution < -0.4 is 20.5 Å². The van der Waals surface area contributed by atoms with E-state index >= 15 is 0 Å². The van der Waals surface area contributed by atoms with Crippen LogP contribution in [0.2, 0.25) is 0 Å². The van der Waals surface area contributed by atoms with Crippen molar-refractivity contribution in [1.82, 2.24) is 0 Å². The summed E-state index contributed by atoms with van der Waals surface area (Å²) in [6.07, 6.45) is 3.00. The third-order valence-electron chi connectivity index (χ3n) is 3.94. The molecule has 0 saturated heterocycles. The molecule has 0 saturated carbocycles. The van der Waals surface area contributed by atoms with Gasteiger partial charge in [-0.15, -0.1) is 0 Å². The highest BCUT2D eigenvalue weighted by molar-refractivity contribution is 5.94. The molecule has 2 aromatic rings. The second-order valence-electron chi connectivity index (χ2n) is 5.96. The number of aliphatic hydroxyl groups is 1. The molecular weight excluding hydrogens is 332 g/mol. The molecule has 0 heterocycles. The molecule has 6 nitrogen and oxygen atoms in total. The monoisotopic (exact) mass is 358 g/mol. The van der Waals surface area contributed by atoms with E-state index in [1.54, 1.807) is 31.4 Å². The Hall–Kier alpha value is -2.57. The van der Waals surface area contributed by atoms with Crippen molar-refractivity contribution in [3.05, 3.63) is 54.1 Å². The van der Waals surface area contributed by atoms with Crippen LogP contribution in [0.15, 0.2) is 48.5 Å². The normalized spacial score (nSPS) is 11.7. The summed E-state index contributed by atoms with van der Waals surface area (Å²) in [6, 6.07) is 14.3. The summed E-state index contributed by atoms with van der Waals surface area (Å²) < 4.78 is 10.9. The average Bonchev–Trinajstić information content (AvgIpc) is 2.68. The van der Waals surface area contributed by atoms with Crippen molar-refractivity contribution >= 4 is 11.6 Å². The lowest BCUT2D eigenvalue weighted by atomic mass is 10.1. The van der Waals surface area contributed by atoms with Gasteiger partial charge in [-0.05, 0) is 61.2 Å². The van der Waals surface area contributed by atoms with Crippen molar-refractivity contribution in [3.63, 3.8) is 0 Å². The minimum Gasteiger partial charge on any atom is -0.497 e. The largest absolute Gasteiger partial charge is 0.497 e. The molecule has 4 N–H and O–H groups in total. The van der Waals surface area contributed by atoms with Crippen LogP contribution in [0.3, 0.4) is 0 Å². The number of methoxy groups -OCH3 is 1.